The van der Waals surface area contributed by atoms with Crippen molar-refractivity contribution < 1.29 is 37.2 Å². The van der Waals surface area contributed by atoms with E-state index < -0.39 is 56.9 Å². The van der Waals surface area contributed by atoms with Crippen molar-refractivity contribution in [2.45, 2.75) is 49.2 Å². The molecule has 2 aromatic rings. The summed E-state index contributed by atoms with van der Waals surface area (Å²) in [7, 11) is -2.72. The van der Waals surface area contributed by atoms with Gasteiger partial charge in [0.05, 0.1) is 22.4 Å². The average molecular weight is 557 g/mol. The molecule has 15 heteroatoms. The number of nitrogens with one attached hydrogen (secondary N) is 3. The Labute approximate surface area is 217 Å². The van der Waals surface area contributed by atoms with Gasteiger partial charge in [0.2, 0.25) is 5.88 Å². The minimum atomic E-state index is -2.72. The Bertz CT molecular complexity index is 1280. The number of amides is 2. The zero-order valence-electron chi connectivity index (χ0n) is 20.7. The van der Waals surface area contributed by atoms with E-state index in [1.807, 2.05) is 0 Å². The molecule has 0 saturated carbocycles. The Morgan fingerprint density at radius 2 is 1.97 bits per heavy atom. The molecule has 1 aromatic heterocycles. The van der Waals surface area contributed by atoms with Gasteiger partial charge in [0.1, 0.15) is 22.9 Å². The molecule has 1 aromatic carbocycles. The molecule has 2 aliphatic heterocycles. The Balaban J connectivity index is 1.66. The Hall–Kier alpha value is -3.43. The molecule has 1 unspecified atom stereocenters. The molecular weight excluding hydrogens is 529 g/mol. The maximum Gasteiger partial charge on any atom is 0.410 e. The van der Waals surface area contributed by atoms with Crippen molar-refractivity contribution in [3.63, 3.8) is 0 Å². The summed E-state index contributed by atoms with van der Waals surface area (Å²) >= 11 is 0. The van der Waals surface area contributed by atoms with Crippen LogP contribution in [-0.4, -0.2) is 67.0 Å². The molecule has 2 amide bonds. The number of benzene rings is 1. The van der Waals surface area contributed by atoms with E-state index in [4.69, 9.17) is 4.74 Å². The van der Waals surface area contributed by atoms with Crippen molar-refractivity contribution in [2.24, 2.45) is 4.99 Å². The second kappa shape index (κ2) is 10.0. The van der Waals surface area contributed by atoms with Crippen LogP contribution in [0.15, 0.2) is 35.6 Å². The van der Waals surface area contributed by atoms with Gasteiger partial charge in [-0.15, -0.1) is 0 Å². The quantitative estimate of drug-likeness (QED) is 0.360. The molecule has 0 radical (unpaired) electrons. The van der Waals surface area contributed by atoms with E-state index in [-0.39, 0.29) is 28.7 Å². The zero-order chi connectivity index (χ0) is 27.9. The number of fused-ring (bicyclic) bond motifs is 1. The molecule has 0 aliphatic carbocycles. The van der Waals surface area contributed by atoms with Crippen molar-refractivity contribution in [3.05, 3.63) is 47.7 Å². The average Bonchev–Trinajstić information content (AvgIpc) is 3.27. The van der Waals surface area contributed by atoms with Gasteiger partial charge >= 0.3 is 6.09 Å². The number of nitrogens with zero attached hydrogens (tertiary/aromatic N) is 3. The minimum Gasteiger partial charge on any atom is -0.470 e. The molecule has 1 fully saturated rings. The lowest BCUT2D eigenvalue weighted by atomic mass is 9.85. The summed E-state index contributed by atoms with van der Waals surface area (Å²) in [6, 6.07) is 3.84. The topological polar surface area (TPSA) is 158 Å². The van der Waals surface area contributed by atoms with Gasteiger partial charge < -0.3 is 19.7 Å². The number of aliphatic imine (C=N–C) groups is 1. The van der Waals surface area contributed by atoms with Gasteiger partial charge in [-0.1, -0.05) is 10.5 Å². The van der Waals surface area contributed by atoms with Crippen molar-refractivity contribution >= 4 is 34.0 Å². The van der Waals surface area contributed by atoms with E-state index >= 15 is 4.39 Å². The van der Waals surface area contributed by atoms with Crippen LogP contribution in [-0.2, 0) is 5.54 Å². The number of alkyl halides is 2. The number of aromatic nitrogens is 2. The third-order valence-corrected chi connectivity index (χ3v) is 10.6. The van der Waals surface area contributed by atoms with E-state index in [1.165, 1.54) is 12.1 Å². The van der Waals surface area contributed by atoms with Crippen LogP contribution in [0.4, 0.5) is 23.7 Å². The summed E-state index contributed by atoms with van der Waals surface area (Å²) in [5, 5.41) is 13.7. The van der Waals surface area contributed by atoms with Crippen molar-refractivity contribution in [1.29, 1.82) is 0 Å². The molecular formula is C23H27F3N6O5S. The summed E-state index contributed by atoms with van der Waals surface area (Å²) < 4.78 is 58.4. The van der Waals surface area contributed by atoms with Crippen LogP contribution < -0.4 is 20.1 Å². The number of carboxylic acid groups (broad SMARTS) is 1. The predicted octanol–water partition coefficient (Wildman–Crippen LogP) is 3.74. The predicted molar refractivity (Wildman–Crippen MR) is 135 cm³/mol. The Kier molecular flexibility index (Phi) is 7.29. The summed E-state index contributed by atoms with van der Waals surface area (Å²) in [5.41, 5.74) is -1.28. The van der Waals surface area contributed by atoms with E-state index in [0.717, 1.165) is 18.5 Å². The summed E-state index contributed by atoms with van der Waals surface area (Å²) in [5.74, 6) is -1.54. The molecule has 4 rings (SSSR count). The zero-order valence-corrected chi connectivity index (χ0v) is 21.5. The molecule has 1 saturated heterocycles. The third kappa shape index (κ3) is 4.88. The Morgan fingerprint density at radius 3 is 2.61 bits per heavy atom. The van der Waals surface area contributed by atoms with Crippen LogP contribution in [0, 0.1) is 5.82 Å². The SMILES string of the molecule is CC1(C)C(NC(=O)O)=N[C@](C)(c2cc(NC(=O)c3cnc(OCC(F)F)cn3)ccc2F)[C@@H]2CCNS21O. The van der Waals surface area contributed by atoms with Crippen molar-refractivity contribution in [3.8, 4) is 5.88 Å². The number of amidine groups is 1. The first-order valence-electron chi connectivity index (χ1n) is 11.5. The second-order valence-electron chi connectivity index (χ2n) is 9.44. The first-order valence-corrected chi connectivity index (χ1v) is 13.2. The molecule has 206 valence electrons. The molecule has 3 heterocycles. The summed E-state index contributed by atoms with van der Waals surface area (Å²) in [6.07, 6.45) is -1.52. The highest BCUT2D eigenvalue weighted by Gasteiger charge is 2.61. The van der Waals surface area contributed by atoms with Gasteiger partial charge in [-0.3, -0.25) is 19.8 Å². The van der Waals surface area contributed by atoms with Crippen LogP contribution >= 0.6 is 10.5 Å². The highest BCUT2D eigenvalue weighted by molar-refractivity contribution is 8.29. The standard InChI is InChI=1S/C23H27F3N6O5S/c1-22(2)20(31-21(34)35)32-23(3,16-6-7-29-38(16,22)36)13-8-12(4-5-14(13)24)30-19(33)15-9-28-18(10-27-15)37-11-17(25)26/h4-5,8-10,16-17,29,36H,6-7,11H2,1-3H3,(H,30,33)(H,31,32)(H,34,35)/t16-,23+/m0/s1. The lowest BCUT2D eigenvalue weighted by Crippen LogP contribution is -2.59. The number of carbonyl (C=O) groups excluding carboxylic acids is 1. The van der Waals surface area contributed by atoms with Crippen molar-refractivity contribution in [2.75, 3.05) is 18.5 Å². The maximum absolute atomic E-state index is 15.3. The first kappa shape index (κ1) is 27.6. The third-order valence-electron chi connectivity index (χ3n) is 6.67. The second-order valence-corrected chi connectivity index (χ2v) is 12.6. The summed E-state index contributed by atoms with van der Waals surface area (Å²) in [4.78, 5) is 36.5. The molecule has 11 nitrogen and oxygen atoms in total. The number of hydrogen-bond acceptors (Lipinski definition) is 8. The van der Waals surface area contributed by atoms with Crippen molar-refractivity contribution in [1.82, 2.24) is 20.0 Å². The van der Waals surface area contributed by atoms with Gasteiger partial charge in [-0.2, -0.15) is 0 Å². The number of anilines is 1. The molecule has 0 bridgehead atoms. The van der Waals surface area contributed by atoms with E-state index in [9.17, 15) is 28.0 Å². The lowest BCUT2D eigenvalue weighted by Gasteiger charge is -2.56. The summed E-state index contributed by atoms with van der Waals surface area (Å²) in [6.45, 7) is 4.54. The van der Waals surface area contributed by atoms with Gasteiger partial charge in [0, 0.05) is 17.8 Å². The normalized spacial score (nSPS) is 27.6. The fraction of sp³-hybridized carbons (Fsp3) is 0.435. The fourth-order valence-corrected chi connectivity index (χ4v) is 8.10. The molecule has 38 heavy (non-hydrogen) atoms. The highest BCUT2D eigenvalue weighted by Crippen LogP contribution is 2.67. The number of halogens is 3. The number of hydrogen-bond donors (Lipinski definition) is 5. The lowest BCUT2D eigenvalue weighted by molar-refractivity contribution is 0.0792. The smallest absolute Gasteiger partial charge is 0.410 e. The molecule has 5 N–H and O–H groups in total. The number of ether oxygens (including phenoxy) is 1. The van der Waals surface area contributed by atoms with E-state index in [2.05, 4.69) is 30.3 Å². The largest absolute Gasteiger partial charge is 0.470 e. The van der Waals surface area contributed by atoms with Gasteiger partial charge in [-0.25, -0.2) is 27.9 Å². The monoisotopic (exact) mass is 556 g/mol. The maximum atomic E-state index is 15.3. The van der Waals surface area contributed by atoms with Gasteiger partial charge in [0.15, 0.2) is 6.61 Å². The van der Waals surface area contributed by atoms with Crippen LogP contribution in [0.1, 0.15) is 43.2 Å². The first-order chi connectivity index (χ1) is 17.8. The van der Waals surface area contributed by atoms with Crippen LogP contribution in [0.25, 0.3) is 0 Å². The van der Waals surface area contributed by atoms with E-state index in [0.29, 0.717) is 13.0 Å². The van der Waals surface area contributed by atoms with Crippen LogP contribution in [0.2, 0.25) is 0 Å². The highest BCUT2D eigenvalue weighted by atomic mass is 32.3. The number of carbonyl (C=O) groups is 2. The molecule has 3 atom stereocenters. The van der Waals surface area contributed by atoms with Gasteiger partial charge in [0.25, 0.3) is 12.3 Å². The fourth-order valence-electron chi connectivity index (χ4n) is 4.71. The molecule has 2 aliphatic rings. The Morgan fingerprint density at radius 1 is 1.24 bits per heavy atom. The van der Waals surface area contributed by atoms with Gasteiger partial charge in [-0.05, 0) is 45.4 Å². The van der Waals surface area contributed by atoms with E-state index in [1.54, 1.807) is 20.8 Å². The molecule has 0 spiro atoms. The minimum absolute atomic E-state index is 0.00564. The number of rotatable bonds is 6. The van der Waals surface area contributed by atoms with Crippen LogP contribution in [0.5, 0.6) is 5.88 Å². The van der Waals surface area contributed by atoms with Crippen LogP contribution in [0.3, 0.4) is 0 Å².